The maximum atomic E-state index is 13.1. The Hall–Kier alpha value is -4.52. The second-order valence-electron chi connectivity index (χ2n) is 7.70. The van der Waals surface area contributed by atoms with Crippen LogP contribution in [0.2, 0.25) is 0 Å². The first-order chi connectivity index (χ1) is 16.8. The van der Waals surface area contributed by atoms with Gasteiger partial charge in [-0.05, 0) is 42.8 Å². The van der Waals surface area contributed by atoms with Crippen LogP contribution in [0, 0.1) is 0 Å². The predicted octanol–water partition coefficient (Wildman–Crippen LogP) is 4.68. The molecule has 0 fully saturated rings. The number of fused-ring (bicyclic) bond motifs is 1. The molecule has 5 aromatic rings. The molecular formula is C27H23N5O2. The minimum absolute atomic E-state index is 0.187. The van der Waals surface area contributed by atoms with Crippen LogP contribution in [0.1, 0.15) is 16.8 Å². The molecular weight excluding hydrogens is 426 g/mol. The SMILES string of the molecule is O=C(NCCCOc1cccc2cccnc12)c1cn(-c2ccccc2)nc1-c1cccnc1. The zero-order valence-corrected chi connectivity index (χ0v) is 18.5. The molecule has 0 saturated heterocycles. The number of aromatic nitrogens is 4. The van der Waals surface area contributed by atoms with Crippen molar-refractivity contribution in [2.45, 2.75) is 6.42 Å². The lowest BCUT2D eigenvalue weighted by molar-refractivity contribution is 0.0952. The van der Waals surface area contributed by atoms with Crippen LogP contribution in [-0.4, -0.2) is 38.8 Å². The van der Waals surface area contributed by atoms with Crippen molar-refractivity contribution in [2.24, 2.45) is 0 Å². The zero-order chi connectivity index (χ0) is 23.2. The fourth-order valence-electron chi connectivity index (χ4n) is 3.71. The highest BCUT2D eigenvalue weighted by atomic mass is 16.5. The van der Waals surface area contributed by atoms with E-state index < -0.39 is 0 Å². The van der Waals surface area contributed by atoms with Crippen LogP contribution in [0.5, 0.6) is 5.75 Å². The number of amides is 1. The Morgan fingerprint density at radius 1 is 0.941 bits per heavy atom. The number of rotatable bonds is 8. The summed E-state index contributed by atoms with van der Waals surface area (Å²) in [5, 5.41) is 8.69. The summed E-state index contributed by atoms with van der Waals surface area (Å²) >= 11 is 0. The fourth-order valence-corrected chi connectivity index (χ4v) is 3.71. The van der Waals surface area contributed by atoms with Crippen LogP contribution in [-0.2, 0) is 0 Å². The molecule has 0 aliphatic rings. The maximum absolute atomic E-state index is 13.1. The molecule has 7 heteroatoms. The van der Waals surface area contributed by atoms with Crippen molar-refractivity contribution in [3.05, 3.63) is 103 Å². The third kappa shape index (κ3) is 4.63. The molecule has 5 rings (SSSR count). The van der Waals surface area contributed by atoms with Gasteiger partial charge in [0.25, 0.3) is 5.91 Å². The lowest BCUT2D eigenvalue weighted by atomic mass is 10.1. The Bertz CT molecular complexity index is 1400. The standard InChI is InChI=1S/C27H23N5O2/c33-27(30-16-7-17-34-24-13-4-8-20-9-6-15-29-26(20)24)23-19-32(22-11-2-1-3-12-22)31-25(23)21-10-5-14-28-18-21/h1-6,8-15,18-19H,7,16-17H2,(H,30,33). The van der Waals surface area contributed by atoms with Crippen molar-refractivity contribution in [2.75, 3.05) is 13.2 Å². The van der Waals surface area contributed by atoms with Crippen LogP contribution in [0.4, 0.5) is 0 Å². The average Bonchev–Trinajstić information content (AvgIpc) is 3.35. The third-order valence-corrected chi connectivity index (χ3v) is 5.37. The fraction of sp³-hybridized carbons (Fsp3) is 0.111. The van der Waals surface area contributed by atoms with Crippen LogP contribution in [0.25, 0.3) is 27.8 Å². The van der Waals surface area contributed by atoms with Gasteiger partial charge >= 0.3 is 0 Å². The molecule has 0 spiro atoms. The number of carbonyl (C=O) groups excluding carboxylic acids is 1. The molecule has 0 atom stereocenters. The quantitative estimate of drug-likeness (QED) is 0.348. The molecule has 3 aromatic heterocycles. The van der Waals surface area contributed by atoms with Crippen molar-refractivity contribution in [3.63, 3.8) is 0 Å². The van der Waals surface area contributed by atoms with Crippen molar-refractivity contribution in [1.29, 1.82) is 0 Å². The van der Waals surface area contributed by atoms with Gasteiger partial charge in [-0.15, -0.1) is 0 Å². The first kappa shape index (κ1) is 21.3. The van der Waals surface area contributed by atoms with E-state index in [1.165, 1.54) is 0 Å². The van der Waals surface area contributed by atoms with Gasteiger partial charge in [-0.2, -0.15) is 5.10 Å². The Balaban J connectivity index is 1.25. The van der Waals surface area contributed by atoms with E-state index in [4.69, 9.17) is 4.74 Å². The van der Waals surface area contributed by atoms with Gasteiger partial charge < -0.3 is 10.1 Å². The van der Waals surface area contributed by atoms with Crippen molar-refractivity contribution in [1.82, 2.24) is 25.1 Å². The Morgan fingerprint density at radius 2 is 1.79 bits per heavy atom. The molecule has 0 aliphatic carbocycles. The van der Waals surface area contributed by atoms with E-state index in [0.717, 1.165) is 27.9 Å². The smallest absolute Gasteiger partial charge is 0.255 e. The molecule has 1 amide bonds. The molecule has 0 saturated carbocycles. The normalized spacial score (nSPS) is 10.8. The van der Waals surface area contributed by atoms with Crippen LogP contribution < -0.4 is 10.1 Å². The van der Waals surface area contributed by atoms with E-state index in [-0.39, 0.29) is 5.91 Å². The summed E-state index contributed by atoms with van der Waals surface area (Å²) in [7, 11) is 0. The molecule has 2 aromatic carbocycles. The van der Waals surface area contributed by atoms with Gasteiger partial charge in [0.15, 0.2) is 0 Å². The molecule has 7 nitrogen and oxygen atoms in total. The number of ether oxygens (including phenoxy) is 1. The predicted molar refractivity (Wildman–Crippen MR) is 131 cm³/mol. The van der Waals surface area contributed by atoms with Crippen molar-refractivity contribution >= 4 is 16.8 Å². The summed E-state index contributed by atoms with van der Waals surface area (Å²) in [5.41, 5.74) is 3.59. The minimum Gasteiger partial charge on any atom is -0.491 e. The molecule has 0 bridgehead atoms. The molecule has 0 unspecified atom stereocenters. The number of nitrogens with one attached hydrogen (secondary N) is 1. The molecule has 1 N–H and O–H groups in total. The lowest BCUT2D eigenvalue weighted by Gasteiger charge is -2.09. The largest absolute Gasteiger partial charge is 0.491 e. The zero-order valence-electron chi connectivity index (χ0n) is 18.5. The number of nitrogens with zero attached hydrogens (tertiary/aromatic N) is 4. The van der Waals surface area contributed by atoms with Crippen LogP contribution in [0.3, 0.4) is 0 Å². The molecule has 168 valence electrons. The number of carbonyl (C=O) groups is 1. The second-order valence-corrected chi connectivity index (χ2v) is 7.70. The van der Waals surface area contributed by atoms with E-state index in [9.17, 15) is 4.79 Å². The lowest BCUT2D eigenvalue weighted by Crippen LogP contribution is -2.25. The minimum atomic E-state index is -0.187. The highest BCUT2D eigenvalue weighted by Gasteiger charge is 2.18. The Morgan fingerprint density at radius 3 is 2.65 bits per heavy atom. The van der Waals surface area contributed by atoms with Gasteiger partial charge in [0, 0.05) is 42.3 Å². The third-order valence-electron chi connectivity index (χ3n) is 5.37. The average molecular weight is 450 g/mol. The number of para-hydroxylation sites is 2. The highest BCUT2D eigenvalue weighted by molar-refractivity contribution is 5.99. The van der Waals surface area contributed by atoms with Gasteiger partial charge in [-0.25, -0.2) is 4.68 Å². The van der Waals surface area contributed by atoms with E-state index in [1.807, 2.05) is 72.8 Å². The second kappa shape index (κ2) is 9.95. The highest BCUT2D eigenvalue weighted by Crippen LogP contribution is 2.24. The molecule has 34 heavy (non-hydrogen) atoms. The van der Waals surface area contributed by atoms with E-state index in [0.29, 0.717) is 30.8 Å². The monoisotopic (exact) mass is 449 g/mol. The molecule has 0 aliphatic heterocycles. The number of hydrogen-bond donors (Lipinski definition) is 1. The molecule has 0 radical (unpaired) electrons. The summed E-state index contributed by atoms with van der Waals surface area (Å²) < 4.78 is 7.64. The topological polar surface area (TPSA) is 81.9 Å². The summed E-state index contributed by atoms with van der Waals surface area (Å²) in [4.78, 5) is 21.6. The first-order valence-electron chi connectivity index (χ1n) is 11.1. The van der Waals surface area contributed by atoms with E-state index in [1.54, 1.807) is 29.5 Å². The first-order valence-corrected chi connectivity index (χ1v) is 11.1. The maximum Gasteiger partial charge on any atom is 0.255 e. The van der Waals surface area contributed by atoms with Crippen molar-refractivity contribution < 1.29 is 9.53 Å². The van der Waals surface area contributed by atoms with E-state index >= 15 is 0 Å². The van der Waals surface area contributed by atoms with Crippen molar-refractivity contribution in [3.8, 4) is 22.7 Å². The van der Waals surface area contributed by atoms with Crippen LogP contribution >= 0.6 is 0 Å². The number of pyridine rings is 2. The van der Waals surface area contributed by atoms with Gasteiger partial charge in [-0.1, -0.05) is 36.4 Å². The Kier molecular flexibility index (Phi) is 6.25. The van der Waals surface area contributed by atoms with Gasteiger partial charge in [0.1, 0.15) is 17.0 Å². The van der Waals surface area contributed by atoms with E-state index in [2.05, 4.69) is 20.4 Å². The molecule has 3 heterocycles. The van der Waals surface area contributed by atoms with Gasteiger partial charge in [-0.3, -0.25) is 14.8 Å². The van der Waals surface area contributed by atoms with Gasteiger partial charge in [0.05, 0.1) is 17.9 Å². The number of hydrogen-bond acceptors (Lipinski definition) is 5. The Labute approximate surface area is 197 Å². The van der Waals surface area contributed by atoms with Gasteiger partial charge in [0.2, 0.25) is 0 Å². The summed E-state index contributed by atoms with van der Waals surface area (Å²) in [6, 6.07) is 23.2. The summed E-state index contributed by atoms with van der Waals surface area (Å²) in [6.45, 7) is 0.939. The summed E-state index contributed by atoms with van der Waals surface area (Å²) in [6.07, 6.45) is 7.57. The summed E-state index contributed by atoms with van der Waals surface area (Å²) in [5.74, 6) is 0.556. The number of benzene rings is 2. The van der Waals surface area contributed by atoms with Crippen LogP contribution in [0.15, 0.2) is 97.6 Å².